The van der Waals surface area contributed by atoms with Crippen molar-refractivity contribution in [3.63, 3.8) is 0 Å². The van der Waals surface area contributed by atoms with Crippen LogP contribution in [-0.2, 0) is 5.41 Å². The summed E-state index contributed by atoms with van der Waals surface area (Å²) in [5.74, 6) is 0. The van der Waals surface area contributed by atoms with Gasteiger partial charge in [-0.15, -0.1) is 0 Å². The van der Waals surface area contributed by atoms with Gasteiger partial charge in [-0.2, -0.15) is 0 Å². The van der Waals surface area contributed by atoms with E-state index < -0.39 is 5.41 Å². The Bertz CT molecular complexity index is 2700. The molecule has 0 aliphatic heterocycles. The van der Waals surface area contributed by atoms with Gasteiger partial charge in [0.25, 0.3) is 0 Å². The molecule has 1 aliphatic carbocycles. The monoisotopic (exact) mass is 687 g/mol. The molecule has 0 fully saturated rings. The number of fused-ring (bicyclic) bond motifs is 4. The fourth-order valence-electron chi connectivity index (χ4n) is 8.81. The van der Waals surface area contributed by atoms with E-state index in [1.165, 1.54) is 66.4 Å². The maximum atomic E-state index is 2.44. The van der Waals surface area contributed by atoms with E-state index >= 15 is 0 Å². The van der Waals surface area contributed by atoms with Gasteiger partial charge in [-0.3, -0.25) is 0 Å². The number of anilines is 3. The van der Waals surface area contributed by atoms with Crippen LogP contribution in [0.3, 0.4) is 0 Å². The van der Waals surface area contributed by atoms with Gasteiger partial charge in [0, 0.05) is 17.1 Å². The first-order valence-corrected chi connectivity index (χ1v) is 18.7. The summed E-state index contributed by atoms with van der Waals surface area (Å²) in [6.45, 7) is 0. The molecule has 0 saturated carbocycles. The van der Waals surface area contributed by atoms with Crippen molar-refractivity contribution < 1.29 is 0 Å². The molecule has 0 amide bonds. The average molecular weight is 688 g/mol. The van der Waals surface area contributed by atoms with Crippen molar-refractivity contribution in [3.8, 4) is 33.4 Å². The summed E-state index contributed by atoms with van der Waals surface area (Å²) in [7, 11) is 0. The van der Waals surface area contributed by atoms with Crippen molar-refractivity contribution in [2.45, 2.75) is 5.41 Å². The van der Waals surface area contributed by atoms with Crippen LogP contribution in [0.15, 0.2) is 224 Å². The van der Waals surface area contributed by atoms with Crippen molar-refractivity contribution >= 4 is 27.8 Å². The third-order valence-electron chi connectivity index (χ3n) is 11.2. The van der Waals surface area contributed by atoms with E-state index in [1.807, 2.05) is 0 Å². The molecule has 0 heterocycles. The van der Waals surface area contributed by atoms with E-state index in [2.05, 4.69) is 229 Å². The molecule has 10 rings (SSSR count). The first-order valence-electron chi connectivity index (χ1n) is 18.7. The number of benzene rings is 9. The molecule has 0 aromatic heterocycles. The second-order valence-corrected chi connectivity index (χ2v) is 14.0. The molecule has 0 unspecified atom stereocenters. The van der Waals surface area contributed by atoms with E-state index in [4.69, 9.17) is 0 Å². The fraction of sp³-hybridized carbons (Fsp3) is 0.0189. The molecule has 0 radical (unpaired) electrons. The van der Waals surface area contributed by atoms with Crippen LogP contribution in [0.25, 0.3) is 44.2 Å². The highest BCUT2D eigenvalue weighted by Crippen LogP contribution is 2.57. The van der Waals surface area contributed by atoms with Gasteiger partial charge in [-0.1, -0.05) is 188 Å². The molecule has 1 aliphatic rings. The van der Waals surface area contributed by atoms with Crippen molar-refractivity contribution in [3.05, 3.63) is 247 Å². The topological polar surface area (TPSA) is 3.24 Å². The fourth-order valence-corrected chi connectivity index (χ4v) is 8.81. The number of hydrogen-bond donors (Lipinski definition) is 0. The molecule has 9 aromatic carbocycles. The Balaban J connectivity index is 1.13. The molecule has 1 heteroatoms. The zero-order valence-electron chi connectivity index (χ0n) is 29.8. The van der Waals surface area contributed by atoms with E-state index in [1.54, 1.807) is 0 Å². The third-order valence-corrected chi connectivity index (χ3v) is 11.2. The SMILES string of the molecule is c1ccc(-c2ccc(-c3ccc(N(c4ccccc4)c4ccc5c(c4)C(c4ccccc4)(c4ccccc4)c4ccccc4-5)cc3)c3ccccc23)cc1. The van der Waals surface area contributed by atoms with Gasteiger partial charge in [0.2, 0.25) is 0 Å². The van der Waals surface area contributed by atoms with Crippen LogP contribution in [0, 0.1) is 0 Å². The summed E-state index contributed by atoms with van der Waals surface area (Å²) in [5, 5.41) is 2.51. The van der Waals surface area contributed by atoms with E-state index in [9.17, 15) is 0 Å². The third kappa shape index (κ3) is 5.09. The lowest BCUT2D eigenvalue weighted by molar-refractivity contribution is 0.768. The zero-order chi connectivity index (χ0) is 35.9. The molecule has 254 valence electrons. The number of nitrogens with zero attached hydrogens (tertiary/aromatic N) is 1. The molecular weight excluding hydrogens is 651 g/mol. The summed E-state index contributed by atoms with van der Waals surface area (Å²) < 4.78 is 0. The molecule has 9 aromatic rings. The van der Waals surface area contributed by atoms with Gasteiger partial charge in [0.15, 0.2) is 0 Å². The summed E-state index contributed by atoms with van der Waals surface area (Å²) in [6, 6.07) is 81.9. The summed E-state index contributed by atoms with van der Waals surface area (Å²) in [4.78, 5) is 2.39. The Hall–Kier alpha value is -6.96. The largest absolute Gasteiger partial charge is 0.310 e. The van der Waals surface area contributed by atoms with Crippen molar-refractivity contribution in [1.82, 2.24) is 0 Å². The predicted octanol–water partition coefficient (Wildman–Crippen LogP) is 14.0. The van der Waals surface area contributed by atoms with Crippen LogP contribution in [0.1, 0.15) is 22.3 Å². The van der Waals surface area contributed by atoms with E-state index in [-0.39, 0.29) is 0 Å². The molecule has 0 bridgehead atoms. The first kappa shape index (κ1) is 31.7. The van der Waals surface area contributed by atoms with Crippen LogP contribution in [-0.4, -0.2) is 0 Å². The quantitative estimate of drug-likeness (QED) is 0.161. The highest BCUT2D eigenvalue weighted by molar-refractivity contribution is 6.05. The second kappa shape index (κ2) is 13.2. The lowest BCUT2D eigenvalue weighted by atomic mass is 9.67. The molecule has 54 heavy (non-hydrogen) atoms. The number of para-hydroxylation sites is 1. The minimum absolute atomic E-state index is 0.469. The minimum atomic E-state index is -0.469. The highest BCUT2D eigenvalue weighted by Gasteiger charge is 2.46. The summed E-state index contributed by atoms with van der Waals surface area (Å²) >= 11 is 0. The van der Waals surface area contributed by atoms with Gasteiger partial charge < -0.3 is 4.90 Å². The second-order valence-electron chi connectivity index (χ2n) is 14.0. The Kier molecular flexibility index (Phi) is 7.78. The maximum absolute atomic E-state index is 2.44. The Morgan fingerprint density at radius 3 is 1.31 bits per heavy atom. The molecule has 1 nitrogen and oxygen atoms in total. The van der Waals surface area contributed by atoms with Crippen LogP contribution in [0.2, 0.25) is 0 Å². The smallest absolute Gasteiger partial charge is 0.0714 e. The minimum Gasteiger partial charge on any atom is -0.310 e. The van der Waals surface area contributed by atoms with Crippen molar-refractivity contribution in [2.75, 3.05) is 4.90 Å². The van der Waals surface area contributed by atoms with Gasteiger partial charge in [0.1, 0.15) is 0 Å². The number of rotatable bonds is 7. The average Bonchev–Trinajstić information content (AvgIpc) is 3.55. The van der Waals surface area contributed by atoms with Gasteiger partial charge >= 0.3 is 0 Å². The number of hydrogen-bond acceptors (Lipinski definition) is 1. The van der Waals surface area contributed by atoms with Crippen LogP contribution < -0.4 is 4.90 Å². The van der Waals surface area contributed by atoms with Gasteiger partial charge in [-0.05, 0) is 103 Å². The highest BCUT2D eigenvalue weighted by atomic mass is 15.1. The van der Waals surface area contributed by atoms with Gasteiger partial charge in [0.05, 0.1) is 5.41 Å². The van der Waals surface area contributed by atoms with Crippen molar-refractivity contribution in [2.24, 2.45) is 0 Å². The molecule has 0 spiro atoms. The predicted molar refractivity (Wildman–Crippen MR) is 227 cm³/mol. The zero-order valence-corrected chi connectivity index (χ0v) is 29.8. The summed E-state index contributed by atoms with van der Waals surface area (Å²) in [5.41, 5.74) is 15.5. The molecule has 0 N–H and O–H groups in total. The molecular formula is C53H37N. The molecule has 0 atom stereocenters. The standard InChI is InChI=1S/C53H37N/c1-5-17-38(18-6-1)45-35-36-46(48-26-14-13-25-47(45)48)39-29-31-43(32-30-39)54(42-23-11-4-12-24-42)44-33-34-50-49-27-15-16-28-51(49)53(52(50)37-44,40-19-7-2-8-20-40)41-21-9-3-10-22-41/h1-37H. The van der Waals surface area contributed by atoms with Crippen LogP contribution in [0.4, 0.5) is 17.1 Å². The lowest BCUT2D eigenvalue weighted by Gasteiger charge is -2.35. The maximum Gasteiger partial charge on any atom is 0.0714 e. The van der Waals surface area contributed by atoms with E-state index in [0.717, 1.165) is 17.1 Å². The van der Waals surface area contributed by atoms with E-state index in [0.29, 0.717) is 0 Å². The first-order chi connectivity index (χ1) is 26.8. The Morgan fingerprint density at radius 2 is 0.704 bits per heavy atom. The summed E-state index contributed by atoms with van der Waals surface area (Å²) in [6.07, 6.45) is 0. The molecule has 0 saturated heterocycles. The van der Waals surface area contributed by atoms with Gasteiger partial charge in [-0.25, -0.2) is 0 Å². The Morgan fingerprint density at radius 1 is 0.278 bits per heavy atom. The van der Waals surface area contributed by atoms with Crippen LogP contribution >= 0.6 is 0 Å². The normalized spacial score (nSPS) is 12.6. The lowest BCUT2D eigenvalue weighted by Crippen LogP contribution is -2.28. The van der Waals surface area contributed by atoms with Crippen molar-refractivity contribution in [1.29, 1.82) is 0 Å². The van der Waals surface area contributed by atoms with Crippen LogP contribution in [0.5, 0.6) is 0 Å². The Labute approximate surface area is 317 Å².